The second-order valence-electron chi connectivity index (χ2n) is 5.30. The first-order chi connectivity index (χ1) is 10.3. The van der Waals surface area contributed by atoms with Gasteiger partial charge in [0.05, 0.1) is 5.69 Å². The van der Waals surface area contributed by atoms with Crippen LogP contribution in [-0.2, 0) is 6.54 Å². The summed E-state index contributed by atoms with van der Waals surface area (Å²) < 4.78 is 2.15. The van der Waals surface area contributed by atoms with Gasteiger partial charge in [0.2, 0.25) is 0 Å². The smallest absolute Gasteiger partial charge is 0.152 e. The van der Waals surface area contributed by atoms with Crippen molar-refractivity contribution in [3.05, 3.63) is 30.1 Å². The maximum atomic E-state index is 8.85. The van der Waals surface area contributed by atoms with Crippen molar-refractivity contribution in [1.29, 1.82) is 0 Å². The molecule has 2 N–H and O–H groups in total. The zero-order chi connectivity index (χ0) is 15.1. The number of pyridine rings is 1. The van der Waals surface area contributed by atoms with Crippen LogP contribution in [0, 0.1) is 0 Å². The summed E-state index contributed by atoms with van der Waals surface area (Å²) in [5.41, 5.74) is 2.19. The molecule has 0 fully saturated rings. The van der Waals surface area contributed by atoms with Crippen molar-refractivity contribution in [1.82, 2.24) is 14.7 Å². The van der Waals surface area contributed by atoms with Gasteiger partial charge in [0, 0.05) is 32.9 Å². The molecular formula is C16H26N4O. The molecule has 0 aliphatic rings. The second kappa shape index (κ2) is 8.00. The molecule has 5 heteroatoms. The summed E-state index contributed by atoms with van der Waals surface area (Å²) in [6.45, 7) is 5.12. The molecule has 0 saturated carbocycles. The van der Waals surface area contributed by atoms with E-state index in [1.165, 1.54) is 5.69 Å². The molecule has 2 aromatic rings. The quantitative estimate of drug-likeness (QED) is 0.694. The first-order valence-corrected chi connectivity index (χ1v) is 7.76. The summed E-state index contributed by atoms with van der Waals surface area (Å²) in [5, 5.41) is 12.2. The van der Waals surface area contributed by atoms with Gasteiger partial charge < -0.3 is 19.7 Å². The molecule has 0 radical (unpaired) electrons. The van der Waals surface area contributed by atoms with Gasteiger partial charge in [-0.15, -0.1) is 0 Å². The van der Waals surface area contributed by atoms with E-state index in [9.17, 15) is 0 Å². The Morgan fingerprint density at radius 2 is 2.14 bits per heavy atom. The SMILES string of the molecule is CCNCc1c(N(C)CCCCCO)nc2ccccn12. The number of aliphatic hydroxyl groups excluding tert-OH is 1. The fourth-order valence-corrected chi connectivity index (χ4v) is 2.49. The number of nitrogens with zero attached hydrogens (tertiary/aromatic N) is 3. The predicted molar refractivity (Wildman–Crippen MR) is 86.8 cm³/mol. The lowest BCUT2D eigenvalue weighted by atomic mass is 10.2. The van der Waals surface area contributed by atoms with Crippen LogP contribution in [0.2, 0.25) is 0 Å². The predicted octanol–water partition coefficient (Wildman–Crippen LogP) is 2.04. The van der Waals surface area contributed by atoms with Gasteiger partial charge >= 0.3 is 0 Å². The fraction of sp³-hybridized carbons (Fsp3) is 0.562. The number of hydrogen-bond acceptors (Lipinski definition) is 4. The van der Waals surface area contributed by atoms with Crippen LogP contribution in [0.15, 0.2) is 24.4 Å². The molecule has 0 spiro atoms. The maximum Gasteiger partial charge on any atom is 0.152 e. The zero-order valence-corrected chi connectivity index (χ0v) is 13.0. The molecule has 0 amide bonds. The van der Waals surface area contributed by atoms with Crippen LogP contribution in [0.3, 0.4) is 0 Å². The number of nitrogens with one attached hydrogen (secondary N) is 1. The molecule has 116 valence electrons. The Morgan fingerprint density at radius 3 is 2.90 bits per heavy atom. The Labute approximate surface area is 126 Å². The number of aromatic nitrogens is 2. The lowest BCUT2D eigenvalue weighted by Gasteiger charge is -2.18. The molecule has 0 bridgehead atoms. The standard InChI is InChI=1S/C16H26N4O/c1-3-17-13-14-16(19(2)10-6-4-8-12-21)18-15-9-5-7-11-20(14)15/h5,7,9,11,17,21H,3-4,6,8,10,12-13H2,1-2H3. The zero-order valence-electron chi connectivity index (χ0n) is 13.0. The Morgan fingerprint density at radius 1 is 1.29 bits per heavy atom. The number of fused-ring (bicyclic) bond motifs is 1. The van der Waals surface area contributed by atoms with Crippen LogP contribution in [0.4, 0.5) is 5.82 Å². The molecule has 0 aromatic carbocycles. The summed E-state index contributed by atoms with van der Waals surface area (Å²) >= 11 is 0. The molecule has 0 aliphatic heterocycles. The van der Waals surface area contributed by atoms with E-state index < -0.39 is 0 Å². The number of anilines is 1. The highest BCUT2D eigenvalue weighted by molar-refractivity contribution is 5.55. The largest absolute Gasteiger partial charge is 0.396 e. The van der Waals surface area contributed by atoms with Gasteiger partial charge in [0.25, 0.3) is 0 Å². The lowest BCUT2D eigenvalue weighted by Crippen LogP contribution is -2.22. The fourth-order valence-electron chi connectivity index (χ4n) is 2.49. The summed E-state index contributed by atoms with van der Waals surface area (Å²) in [7, 11) is 2.09. The molecule has 21 heavy (non-hydrogen) atoms. The van der Waals surface area contributed by atoms with E-state index in [0.29, 0.717) is 0 Å². The number of rotatable bonds is 9. The molecule has 2 rings (SSSR count). The van der Waals surface area contributed by atoms with Gasteiger partial charge in [-0.3, -0.25) is 0 Å². The van der Waals surface area contributed by atoms with E-state index in [0.717, 1.165) is 50.4 Å². The Hall–Kier alpha value is -1.59. The average Bonchev–Trinajstić information content (AvgIpc) is 2.88. The molecule has 2 heterocycles. The number of hydrogen-bond donors (Lipinski definition) is 2. The van der Waals surface area contributed by atoms with E-state index in [1.54, 1.807) is 0 Å². The Bertz CT molecular complexity index is 552. The van der Waals surface area contributed by atoms with Crippen LogP contribution < -0.4 is 10.2 Å². The van der Waals surface area contributed by atoms with Crippen molar-refractivity contribution in [2.24, 2.45) is 0 Å². The minimum absolute atomic E-state index is 0.281. The van der Waals surface area contributed by atoms with E-state index in [2.05, 4.69) is 34.8 Å². The normalized spacial score (nSPS) is 11.2. The monoisotopic (exact) mass is 290 g/mol. The third-order valence-corrected chi connectivity index (χ3v) is 3.66. The average molecular weight is 290 g/mol. The number of imidazole rings is 1. The summed E-state index contributed by atoms with van der Waals surface area (Å²) in [5.74, 6) is 1.05. The van der Waals surface area contributed by atoms with Crippen LogP contribution in [0.5, 0.6) is 0 Å². The third kappa shape index (κ3) is 3.95. The molecular weight excluding hydrogens is 264 g/mol. The summed E-state index contributed by atoms with van der Waals surface area (Å²) in [6.07, 6.45) is 5.07. The van der Waals surface area contributed by atoms with Crippen LogP contribution in [0.1, 0.15) is 31.9 Å². The van der Waals surface area contributed by atoms with Crippen molar-refractivity contribution < 1.29 is 5.11 Å². The highest BCUT2D eigenvalue weighted by atomic mass is 16.2. The minimum Gasteiger partial charge on any atom is -0.396 e. The third-order valence-electron chi connectivity index (χ3n) is 3.66. The van der Waals surface area contributed by atoms with Gasteiger partial charge in [-0.05, 0) is 37.9 Å². The van der Waals surface area contributed by atoms with E-state index in [1.807, 2.05) is 18.2 Å². The number of unbranched alkanes of at least 4 members (excludes halogenated alkanes) is 2. The summed E-state index contributed by atoms with van der Waals surface area (Å²) in [4.78, 5) is 6.98. The van der Waals surface area contributed by atoms with Crippen molar-refractivity contribution >= 4 is 11.5 Å². The highest BCUT2D eigenvalue weighted by Gasteiger charge is 2.14. The first-order valence-electron chi connectivity index (χ1n) is 7.76. The Balaban J connectivity index is 2.16. The highest BCUT2D eigenvalue weighted by Crippen LogP contribution is 2.21. The van der Waals surface area contributed by atoms with Gasteiger partial charge in [0.15, 0.2) is 5.82 Å². The topological polar surface area (TPSA) is 52.8 Å². The van der Waals surface area contributed by atoms with E-state index in [-0.39, 0.29) is 6.61 Å². The van der Waals surface area contributed by atoms with Crippen molar-refractivity contribution in [3.63, 3.8) is 0 Å². The lowest BCUT2D eigenvalue weighted by molar-refractivity contribution is 0.283. The van der Waals surface area contributed by atoms with Crippen LogP contribution in [0.25, 0.3) is 5.65 Å². The van der Waals surface area contributed by atoms with Crippen LogP contribution >= 0.6 is 0 Å². The Kier molecular flexibility index (Phi) is 6.02. The molecule has 0 aliphatic carbocycles. The first kappa shape index (κ1) is 15.8. The molecule has 0 saturated heterocycles. The van der Waals surface area contributed by atoms with E-state index >= 15 is 0 Å². The molecule has 0 unspecified atom stereocenters. The second-order valence-corrected chi connectivity index (χ2v) is 5.30. The summed E-state index contributed by atoms with van der Waals surface area (Å²) in [6, 6.07) is 6.10. The molecule has 0 atom stereocenters. The van der Waals surface area contributed by atoms with Gasteiger partial charge in [0.1, 0.15) is 5.65 Å². The molecule has 5 nitrogen and oxygen atoms in total. The molecule has 2 aromatic heterocycles. The van der Waals surface area contributed by atoms with Crippen molar-refractivity contribution in [3.8, 4) is 0 Å². The van der Waals surface area contributed by atoms with Crippen molar-refractivity contribution in [2.45, 2.75) is 32.7 Å². The minimum atomic E-state index is 0.281. The number of aliphatic hydroxyl groups is 1. The van der Waals surface area contributed by atoms with Crippen molar-refractivity contribution in [2.75, 3.05) is 31.6 Å². The maximum absolute atomic E-state index is 8.85. The van der Waals surface area contributed by atoms with Gasteiger partial charge in [-0.25, -0.2) is 4.98 Å². The van der Waals surface area contributed by atoms with Gasteiger partial charge in [-0.1, -0.05) is 13.0 Å². The van der Waals surface area contributed by atoms with Gasteiger partial charge in [-0.2, -0.15) is 0 Å². The van der Waals surface area contributed by atoms with E-state index in [4.69, 9.17) is 10.1 Å². The van der Waals surface area contributed by atoms with Crippen LogP contribution in [-0.4, -0.2) is 41.2 Å².